The van der Waals surface area contributed by atoms with Crippen molar-refractivity contribution in [3.8, 4) is 0 Å². The molecule has 0 amide bonds. The minimum absolute atomic E-state index is 0.186. The zero-order valence-corrected chi connectivity index (χ0v) is 13.6. The second kappa shape index (κ2) is 5.96. The molecule has 2 aliphatic rings. The molecule has 4 rings (SSSR count). The van der Waals surface area contributed by atoms with E-state index in [1.54, 1.807) is 12.7 Å². The number of benzene rings is 1. The van der Waals surface area contributed by atoms with Gasteiger partial charge in [-0.05, 0) is 43.4 Å². The van der Waals surface area contributed by atoms with E-state index >= 15 is 0 Å². The summed E-state index contributed by atoms with van der Waals surface area (Å²) in [5, 5.41) is 9.49. The molecule has 0 saturated heterocycles. The number of hydrogen-bond acceptors (Lipinski definition) is 4. The Kier molecular flexibility index (Phi) is 3.81. The van der Waals surface area contributed by atoms with Crippen molar-refractivity contribution < 1.29 is 4.84 Å². The number of rotatable bonds is 3. The zero-order valence-electron chi connectivity index (χ0n) is 12.9. The van der Waals surface area contributed by atoms with Gasteiger partial charge in [-0.3, -0.25) is 4.68 Å². The minimum atomic E-state index is -0.195. The highest BCUT2D eigenvalue weighted by atomic mass is 35.5. The van der Waals surface area contributed by atoms with E-state index in [0.717, 1.165) is 35.7 Å². The lowest BCUT2D eigenvalue weighted by atomic mass is 9.73. The second-order valence-corrected chi connectivity index (χ2v) is 6.81. The van der Waals surface area contributed by atoms with Crippen LogP contribution in [-0.2, 0) is 11.4 Å². The fourth-order valence-electron chi connectivity index (χ4n) is 3.75. The Bertz CT molecular complexity index is 690. The lowest BCUT2D eigenvalue weighted by Crippen LogP contribution is -2.43. The Labute approximate surface area is 140 Å². The van der Waals surface area contributed by atoms with Crippen molar-refractivity contribution in [1.29, 1.82) is 0 Å². The molecule has 1 atom stereocenters. The summed E-state index contributed by atoms with van der Waals surface area (Å²) >= 11 is 6.02. The van der Waals surface area contributed by atoms with E-state index in [4.69, 9.17) is 16.4 Å². The lowest BCUT2D eigenvalue weighted by molar-refractivity contribution is -0.0738. The monoisotopic (exact) mass is 330 g/mol. The molecule has 1 unspecified atom stereocenters. The average molecular weight is 331 g/mol. The standard InChI is InChI=1S/C17H19ClN4O/c18-14-6-4-13(5-7-14)16-15(10-22-12-19-11-20-22)17(23-21-16)8-2-1-3-9-17/h4-7,11-12,15H,1-3,8-10H2. The summed E-state index contributed by atoms with van der Waals surface area (Å²) in [5.41, 5.74) is 1.88. The third-order valence-corrected chi connectivity index (χ3v) is 5.22. The summed E-state index contributed by atoms with van der Waals surface area (Å²) in [6, 6.07) is 7.83. The van der Waals surface area contributed by atoms with Crippen molar-refractivity contribution in [1.82, 2.24) is 14.8 Å². The van der Waals surface area contributed by atoms with Gasteiger partial charge < -0.3 is 4.84 Å². The van der Waals surface area contributed by atoms with E-state index < -0.39 is 0 Å². The van der Waals surface area contributed by atoms with Gasteiger partial charge in [0.1, 0.15) is 18.3 Å². The first-order chi connectivity index (χ1) is 11.3. The molecule has 23 heavy (non-hydrogen) atoms. The maximum atomic E-state index is 6.03. The molecule has 1 aromatic carbocycles. The fourth-order valence-corrected chi connectivity index (χ4v) is 3.87. The Balaban J connectivity index is 1.68. The second-order valence-electron chi connectivity index (χ2n) is 6.37. The van der Waals surface area contributed by atoms with E-state index in [2.05, 4.69) is 15.2 Å². The minimum Gasteiger partial charge on any atom is -0.388 e. The first-order valence-electron chi connectivity index (χ1n) is 8.11. The van der Waals surface area contributed by atoms with Gasteiger partial charge in [0.25, 0.3) is 0 Å². The van der Waals surface area contributed by atoms with Crippen LogP contribution in [0.4, 0.5) is 0 Å². The van der Waals surface area contributed by atoms with Crippen LogP contribution in [0.25, 0.3) is 0 Å². The maximum Gasteiger partial charge on any atom is 0.148 e. The molecule has 2 heterocycles. The highest BCUT2D eigenvalue weighted by Gasteiger charge is 2.49. The Hall–Kier alpha value is -1.88. The summed E-state index contributed by atoms with van der Waals surface area (Å²) < 4.78 is 1.88. The Morgan fingerprint density at radius 1 is 1.17 bits per heavy atom. The molecule has 1 spiro atoms. The summed E-state index contributed by atoms with van der Waals surface area (Å²) in [6.45, 7) is 0.738. The molecule has 6 heteroatoms. The number of hydrogen-bond donors (Lipinski definition) is 0. The first kappa shape index (κ1) is 14.7. The molecule has 1 fully saturated rings. The Morgan fingerprint density at radius 2 is 1.96 bits per heavy atom. The van der Waals surface area contributed by atoms with E-state index in [-0.39, 0.29) is 11.5 Å². The van der Waals surface area contributed by atoms with E-state index in [9.17, 15) is 0 Å². The van der Waals surface area contributed by atoms with E-state index in [0.29, 0.717) is 0 Å². The topological polar surface area (TPSA) is 52.3 Å². The zero-order chi connectivity index (χ0) is 15.7. The summed E-state index contributed by atoms with van der Waals surface area (Å²) in [6.07, 6.45) is 9.09. The molecule has 2 aromatic rings. The molecule has 1 saturated carbocycles. The number of aromatic nitrogens is 3. The van der Waals surface area contributed by atoms with Gasteiger partial charge in [0, 0.05) is 5.02 Å². The van der Waals surface area contributed by atoms with Gasteiger partial charge in [-0.15, -0.1) is 0 Å². The first-order valence-corrected chi connectivity index (χ1v) is 8.49. The summed E-state index contributed by atoms with van der Waals surface area (Å²) in [4.78, 5) is 10.1. The predicted molar refractivity (Wildman–Crippen MR) is 88.4 cm³/mol. The van der Waals surface area contributed by atoms with Crippen LogP contribution in [0.2, 0.25) is 5.02 Å². The third kappa shape index (κ3) is 2.74. The van der Waals surface area contributed by atoms with Crippen LogP contribution >= 0.6 is 11.6 Å². The SMILES string of the molecule is Clc1ccc(C2=NOC3(CCCCC3)C2Cn2cncn2)cc1. The maximum absolute atomic E-state index is 6.03. The molecule has 1 aliphatic carbocycles. The predicted octanol–water partition coefficient (Wildman–Crippen LogP) is 3.69. The summed E-state index contributed by atoms with van der Waals surface area (Å²) in [7, 11) is 0. The normalized spacial score (nSPS) is 22.8. The van der Waals surface area contributed by atoms with Crippen LogP contribution < -0.4 is 0 Å². The highest BCUT2D eigenvalue weighted by molar-refractivity contribution is 6.30. The smallest absolute Gasteiger partial charge is 0.148 e. The van der Waals surface area contributed by atoms with Gasteiger partial charge in [0.2, 0.25) is 0 Å². The summed E-state index contributed by atoms with van der Waals surface area (Å²) in [5.74, 6) is 0.186. The number of halogens is 1. The molecular formula is C17H19ClN4O. The lowest BCUT2D eigenvalue weighted by Gasteiger charge is -2.36. The van der Waals surface area contributed by atoms with Gasteiger partial charge in [0.05, 0.1) is 18.2 Å². The quantitative estimate of drug-likeness (QED) is 0.862. The molecular weight excluding hydrogens is 312 g/mol. The van der Waals surface area contributed by atoms with Crippen molar-refractivity contribution in [2.75, 3.05) is 0 Å². The van der Waals surface area contributed by atoms with Crippen LogP contribution in [-0.4, -0.2) is 26.1 Å². The van der Waals surface area contributed by atoms with Crippen molar-refractivity contribution in [3.05, 3.63) is 47.5 Å². The molecule has 120 valence electrons. The van der Waals surface area contributed by atoms with Crippen molar-refractivity contribution in [3.63, 3.8) is 0 Å². The van der Waals surface area contributed by atoms with E-state index in [1.807, 2.05) is 28.9 Å². The molecule has 0 N–H and O–H groups in total. The Morgan fingerprint density at radius 3 is 2.65 bits per heavy atom. The van der Waals surface area contributed by atoms with Crippen molar-refractivity contribution in [2.24, 2.45) is 11.1 Å². The van der Waals surface area contributed by atoms with Gasteiger partial charge in [-0.1, -0.05) is 35.3 Å². The van der Waals surface area contributed by atoms with E-state index in [1.165, 1.54) is 19.3 Å². The molecule has 1 aromatic heterocycles. The molecule has 0 radical (unpaired) electrons. The number of nitrogens with zero attached hydrogens (tertiary/aromatic N) is 4. The van der Waals surface area contributed by atoms with Crippen LogP contribution in [0.15, 0.2) is 42.1 Å². The van der Waals surface area contributed by atoms with Gasteiger partial charge in [0.15, 0.2) is 0 Å². The molecule has 5 nitrogen and oxygen atoms in total. The third-order valence-electron chi connectivity index (χ3n) is 4.97. The van der Waals surface area contributed by atoms with Gasteiger partial charge in [-0.25, -0.2) is 4.98 Å². The van der Waals surface area contributed by atoms with Gasteiger partial charge in [-0.2, -0.15) is 5.10 Å². The highest BCUT2D eigenvalue weighted by Crippen LogP contribution is 2.44. The van der Waals surface area contributed by atoms with Crippen LogP contribution in [0.5, 0.6) is 0 Å². The fraction of sp³-hybridized carbons (Fsp3) is 0.471. The van der Waals surface area contributed by atoms with Crippen molar-refractivity contribution in [2.45, 2.75) is 44.2 Å². The van der Waals surface area contributed by atoms with Crippen LogP contribution in [0.1, 0.15) is 37.7 Å². The molecule has 1 aliphatic heterocycles. The van der Waals surface area contributed by atoms with Crippen LogP contribution in [0, 0.1) is 5.92 Å². The average Bonchev–Trinajstić information content (AvgIpc) is 3.20. The van der Waals surface area contributed by atoms with Crippen molar-refractivity contribution >= 4 is 17.3 Å². The van der Waals surface area contributed by atoms with Crippen LogP contribution in [0.3, 0.4) is 0 Å². The molecule has 0 bridgehead atoms. The van der Waals surface area contributed by atoms with Gasteiger partial charge >= 0.3 is 0 Å². The number of oxime groups is 1. The largest absolute Gasteiger partial charge is 0.388 e.